The summed E-state index contributed by atoms with van der Waals surface area (Å²) >= 11 is 0. The van der Waals surface area contributed by atoms with Crippen molar-refractivity contribution in [3.05, 3.63) is 62.1 Å². The Labute approximate surface area is 189 Å². The van der Waals surface area contributed by atoms with Crippen LogP contribution in [-0.4, -0.2) is 41.7 Å². The largest absolute Gasteiger partial charge is 0.490 e. The van der Waals surface area contributed by atoms with E-state index in [2.05, 4.69) is 10.1 Å². The first-order chi connectivity index (χ1) is 15.7. The maximum atomic E-state index is 12.8. The van der Waals surface area contributed by atoms with Gasteiger partial charge in [0.1, 0.15) is 6.54 Å². The third-order valence-corrected chi connectivity index (χ3v) is 5.11. The van der Waals surface area contributed by atoms with E-state index in [1.54, 1.807) is 12.1 Å². The van der Waals surface area contributed by atoms with Gasteiger partial charge < -0.3 is 19.5 Å². The van der Waals surface area contributed by atoms with Crippen LogP contribution in [0.2, 0.25) is 0 Å². The molecule has 0 aliphatic carbocycles. The van der Waals surface area contributed by atoms with Crippen LogP contribution in [0.5, 0.6) is 11.5 Å². The number of methoxy groups -OCH3 is 1. The summed E-state index contributed by atoms with van der Waals surface area (Å²) in [6.45, 7) is 4.40. The number of rotatable bonds is 7. The van der Waals surface area contributed by atoms with E-state index < -0.39 is 40.6 Å². The summed E-state index contributed by atoms with van der Waals surface area (Å²) in [5.74, 6) is -0.226. The van der Waals surface area contributed by atoms with Crippen LogP contribution < -0.4 is 20.3 Å². The number of nitrogens with one attached hydrogen (secondary N) is 1. The van der Waals surface area contributed by atoms with E-state index in [-0.39, 0.29) is 11.5 Å². The molecule has 11 nitrogen and oxygen atoms in total. The van der Waals surface area contributed by atoms with E-state index >= 15 is 0 Å². The predicted molar refractivity (Wildman–Crippen MR) is 116 cm³/mol. The quantitative estimate of drug-likeness (QED) is 0.378. The van der Waals surface area contributed by atoms with E-state index in [9.17, 15) is 24.5 Å². The van der Waals surface area contributed by atoms with Crippen LogP contribution in [-0.2, 0) is 16.1 Å². The van der Waals surface area contributed by atoms with Gasteiger partial charge in [-0.15, -0.1) is 0 Å². The number of carbonyl (C=O) groups excluding carboxylic acids is 2. The highest BCUT2D eigenvalue weighted by Crippen LogP contribution is 2.34. The second kappa shape index (κ2) is 10.2. The standard InChI is InChI=1S/C22H25N3O8/c1-13(2)20(14-5-6-17-18(10-14)33-8-4-7-32-17)23-19(26)12-24-11-15(22(28)31-3)9-16(21(24)27)25(29)30/h5-6,9-11,13,20H,4,7-8,12H2,1-3H3,(H,23,26). The summed E-state index contributed by atoms with van der Waals surface area (Å²) in [6.07, 6.45) is 1.83. The number of aromatic nitrogens is 1. The van der Waals surface area contributed by atoms with E-state index in [0.29, 0.717) is 24.7 Å². The smallest absolute Gasteiger partial charge is 0.339 e. The molecule has 1 aliphatic rings. The third-order valence-electron chi connectivity index (χ3n) is 5.11. The van der Waals surface area contributed by atoms with Gasteiger partial charge in [-0.3, -0.25) is 24.3 Å². The van der Waals surface area contributed by atoms with Gasteiger partial charge in [-0.05, 0) is 23.6 Å². The van der Waals surface area contributed by atoms with Crippen molar-refractivity contribution in [3.8, 4) is 11.5 Å². The molecule has 33 heavy (non-hydrogen) atoms. The average Bonchev–Trinajstić information content (AvgIpc) is 3.02. The number of nitro groups is 1. The maximum absolute atomic E-state index is 12.8. The molecule has 11 heteroatoms. The molecule has 2 heterocycles. The second-order valence-corrected chi connectivity index (χ2v) is 7.84. The molecule has 1 aromatic carbocycles. The summed E-state index contributed by atoms with van der Waals surface area (Å²) in [7, 11) is 1.11. The molecule has 176 valence electrons. The fraction of sp³-hybridized carbons (Fsp3) is 0.409. The van der Waals surface area contributed by atoms with Gasteiger partial charge >= 0.3 is 17.2 Å². The normalized spacial score (nSPS) is 13.7. The van der Waals surface area contributed by atoms with Crippen LogP contribution in [0.1, 0.15) is 42.2 Å². The zero-order valence-electron chi connectivity index (χ0n) is 18.5. The molecule has 1 aliphatic heterocycles. The van der Waals surface area contributed by atoms with Gasteiger partial charge in [0.05, 0.1) is 36.9 Å². The molecule has 2 aromatic rings. The van der Waals surface area contributed by atoms with Crippen LogP contribution in [0.25, 0.3) is 0 Å². The topological polar surface area (TPSA) is 139 Å². The van der Waals surface area contributed by atoms with Crippen molar-refractivity contribution in [1.82, 2.24) is 9.88 Å². The molecule has 1 unspecified atom stereocenters. The van der Waals surface area contributed by atoms with Crippen molar-refractivity contribution < 1.29 is 28.7 Å². The summed E-state index contributed by atoms with van der Waals surface area (Å²) in [4.78, 5) is 47.4. The number of nitrogens with zero attached hydrogens (tertiary/aromatic N) is 2. The van der Waals surface area contributed by atoms with Gasteiger partial charge in [-0.25, -0.2) is 4.79 Å². The second-order valence-electron chi connectivity index (χ2n) is 7.84. The van der Waals surface area contributed by atoms with Gasteiger partial charge in [0.25, 0.3) is 0 Å². The lowest BCUT2D eigenvalue weighted by molar-refractivity contribution is -0.386. The van der Waals surface area contributed by atoms with Crippen molar-refractivity contribution in [2.45, 2.75) is 32.9 Å². The fourth-order valence-corrected chi connectivity index (χ4v) is 3.48. The maximum Gasteiger partial charge on any atom is 0.339 e. The van der Waals surface area contributed by atoms with Crippen molar-refractivity contribution in [2.75, 3.05) is 20.3 Å². The highest BCUT2D eigenvalue weighted by Gasteiger charge is 2.24. The van der Waals surface area contributed by atoms with Crippen molar-refractivity contribution >= 4 is 17.6 Å². The minimum absolute atomic E-state index is 0.0221. The lowest BCUT2D eigenvalue weighted by Crippen LogP contribution is -2.37. The van der Waals surface area contributed by atoms with E-state index in [0.717, 1.165) is 35.9 Å². The summed E-state index contributed by atoms with van der Waals surface area (Å²) in [5.41, 5.74) is -1.25. The molecule has 0 fully saturated rings. The average molecular weight is 459 g/mol. The van der Waals surface area contributed by atoms with E-state index in [4.69, 9.17) is 9.47 Å². The Morgan fingerprint density at radius 1 is 1.21 bits per heavy atom. The molecule has 1 aromatic heterocycles. The summed E-state index contributed by atoms with van der Waals surface area (Å²) < 4.78 is 16.8. The Morgan fingerprint density at radius 2 is 1.91 bits per heavy atom. The SMILES string of the molecule is COC(=O)c1cc([N+](=O)[O-])c(=O)n(CC(=O)NC(c2ccc3c(c2)OCCCO3)C(C)C)c1. The number of amides is 1. The zero-order valence-corrected chi connectivity index (χ0v) is 18.5. The molecule has 0 radical (unpaired) electrons. The Balaban J connectivity index is 1.86. The molecule has 1 amide bonds. The van der Waals surface area contributed by atoms with Crippen molar-refractivity contribution in [3.63, 3.8) is 0 Å². The Kier molecular flexibility index (Phi) is 7.31. The number of pyridine rings is 1. The minimum atomic E-state index is -1.00. The van der Waals surface area contributed by atoms with Crippen LogP contribution >= 0.6 is 0 Å². The number of hydrogen-bond donors (Lipinski definition) is 1. The van der Waals surface area contributed by atoms with E-state index in [1.807, 2.05) is 19.9 Å². The highest BCUT2D eigenvalue weighted by molar-refractivity contribution is 5.89. The summed E-state index contributed by atoms with van der Waals surface area (Å²) in [6, 6.07) is 5.82. The van der Waals surface area contributed by atoms with Gasteiger partial charge in [0, 0.05) is 18.7 Å². The summed E-state index contributed by atoms with van der Waals surface area (Å²) in [5, 5.41) is 14.1. The number of hydrogen-bond acceptors (Lipinski definition) is 8. The number of benzene rings is 1. The highest BCUT2D eigenvalue weighted by atomic mass is 16.6. The third kappa shape index (κ3) is 5.48. The molecular weight excluding hydrogens is 434 g/mol. The molecule has 0 spiro atoms. The van der Waals surface area contributed by atoms with Gasteiger partial charge in [0.15, 0.2) is 11.5 Å². The molecule has 0 bridgehead atoms. The first-order valence-corrected chi connectivity index (χ1v) is 10.4. The lowest BCUT2D eigenvalue weighted by Gasteiger charge is -2.24. The lowest BCUT2D eigenvalue weighted by atomic mass is 9.95. The molecule has 0 saturated carbocycles. The molecule has 1 N–H and O–H groups in total. The first-order valence-electron chi connectivity index (χ1n) is 10.4. The van der Waals surface area contributed by atoms with Gasteiger partial charge in [0.2, 0.25) is 5.91 Å². The number of esters is 1. The molecule has 0 saturated heterocycles. The number of ether oxygens (including phenoxy) is 3. The van der Waals surface area contributed by atoms with E-state index in [1.165, 1.54) is 0 Å². The fourth-order valence-electron chi connectivity index (χ4n) is 3.48. The number of carbonyl (C=O) groups is 2. The number of fused-ring (bicyclic) bond motifs is 1. The predicted octanol–water partition coefficient (Wildman–Crippen LogP) is 2.22. The van der Waals surface area contributed by atoms with Gasteiger partial charge in [-0.1, -0.05) is 19.9 Å². The zero-order chi connectivity index (χ0) is 24.1. The van der Waals surface area contributed by atoms with Crippen molar-refractivity contribution in [1.29, 1.82) is 0 Å². The van der Waals surface area contributed by atoms with Crippen molar-refractivity contribution in [2.24, 2.45) is 5.92 Å². The molecule has 1 atom stereocenters. The first kappa shape index (κ1) is 23.8. The Hall–Kier alpha value is -3.89. The monoisotopic (exact) mass is 459 g/mol. The van der Waals surface area contributed by atoms with Gasteiger partial charge in [-0.2, -0.15) is 0 Å². The molecule has 3 rings (SSSR count). The Bertz CT molecular complexity index is 1130. The van der Waals surface area contributed by atoms with Crippen LogP contribution in [0.15, 0.2) is 35.3 Å². The van der Waals surface area contributed by atoms with Crippen LogP contribution in [0, 0.1) is 16.0 Å². The minimum Gasteiger partial charge on any atom is -0.490 e. The van der Waals surface area contributed by atoms with Crippen LogP contribution in [0.3, 0.4) is 0 Å². The molecular formula is C22H25N3O8. The van der Waals surface area contributed by atoms with Crippen LogP contribution in [0.4, 0.5) is 5.69 Å². The Morgan fingerprint density at radius 3 is 2.55 bits per heavy atom.